The Morgan fingerprint density at radius 2 is 1.71 bits per heavy atom. The average molecular weight is 388 g/mol. The third-order valence-corrected chi connectivity index (χ3v) is 4.95. The molecule has 3 aromatic rings. The summed E-state index contributed by atoms with van der Waals surface area (Å²) in [6.07, 6.45) is 0. The van der Waals surface area contributed by atoms with Gasteiger partial charge < -0.3 is 10.1 Å². The molecule has 0 saturated carbocycles. The van der Waals surface area contributed by atoms with Crippen LogP contribution in [0, 0.1) is 11.3 Å². The molecule has 28 heavy (non-hydrogen) atoms. The van der Waals surface area contributed by atoms with Gasteiger partial charge in [-0.15, -0.1) is 11.8 Å². The van der Waals surface area contributed by atoms with Crippen LogP contribution in [0.1, 0.15) is 16.7 Å². The minimum atomic E-state index is -0.0561. The molecule has 0 unspecified atom stereocenters. The smallest absolute Gasteiger partial charge is 0.234 e. The summed E-state index contributed by atoms with van der Waals surface area (Å²) in [6.45, 7) is 0.510. The normalized spacial score (nSPS) is 10.1. The van der Waals surface area contributed by atoms with Crippen molar-refractivity contribution in [2.24, 2.45) is 0 Å². The molecule has 0 saturated heterocycles. The van der Waals surface area contributed by atoms with Crippen LogP contribution in [-0.4, -0.2) is 11.7 Å². The summed E-state index contributed by atoms with van der Waals surface area (Å²) in [5.41, 5.74) is 3.52. The number of thioether (sulfide) groups is 1. The molecule has 0 fully saturated rings. The lowest BCUT2D eigenvalue weighted by molar-refractivity contribution is -0.113. The molecule has 4 nitrogen and oxygen atoms in total. The molecule has 0 spiro atoms. The van der Waals surface area contributed by atoms with Gasteiger partial charge >= 0.3 is 0 Å². The highest BCUT2D eigenvalue weighted by Crippen LogP contribution is 2.18. The Morgan fingerprint density at radius 3 is 2.46 bits per heavy atom. The lowest BCUT2D eigenvalue weighted by Gasteiger charge is -2.08. The Bertz CT molecular complexity index is 950. The van der Waals surface area contributed by atoms with E-state index in [1.165, 1.54) is 11.8 Å². The Morgan fingerprint density at radius 1 is 0.964 bits per heavy atom. The van der Waals surface area contributed by atoms with E-state index in [1.54, 1.807) is 6.07 Å². The number of nitrogens with zero attached hydrogens (tertiary/aromatic N) is 1. The van der Waals surface area contributed by atoms with E-state index in [1.807, 2.05) is 72.8 Å². The first-order valence-electron chi connectivity index (χ1n) is 8.86. The minimum absolute atomic E-state index is 0.0561. The Hall–Kier alpha value is -3.23. The van der Waals surface area contributed by atoms with Gasteiger partial charge in [0.2, 0.25) is 5.91 Å². The van der Waals surface area contributed by atoms with Gasteiger partial charge in [0.05, 0.1) is 17.4 Å². The number of rotatable bonds is 8. The number of hydrogen-bond donors (Lipinski definition) is 1. The van der Waals surface area contributed by atoms with Crippen molar-refractivity contribution in [2.75, 3.05) is 11.1 Å². The summed E-state index contributed by atoms with van der Waals surface area (Å²) >= 11 is 1.52. The van der Waals surface area contributed by atoms with Crippen molar-refractivity contribution >= 4 is 23.4 Å². The van der Waals surface area contributed by atoms with E-state index in [2.05, 4.69) is 11.4 Å². The Labute approximate surface area is 169 Å². The van der Waals surface area contributed by atoms with Crippen LogP contribution in [0.25, 0.3) is 0 Å². The molecule has 0 aliphatic heterocycles. The summed E-state index contributed by atoms with van der Waals surface area (Å²) < 4.78 is 5.75. The van der Waals surface area contributed by atoms with Crippen LogP contribution in [0.3, 0.4) is 0 Å². The summed E-state index contributed by atoms with van der Waals surface area (Å²) in [4.78, 5) is 12.1. The maximum Gasteiger partial charge on any atom is 0.234 e. The molecule has 3 rings (SSSR count). The molecule has 1 N–H and O–H groups in total. The highest BCUT2D eigenvalue weighted by Gasteiger charge is 2.04. The van der Waals surface area contributed by atoms with Gasteiger partial charge in [0.25, 0.3) is 0 Å². The molecule has 1 amide bonds. The molecule has 0 atom stereocenters. The van der Waals surface area contributed by atoms with Crippen LogP contribution in [0.5, 0.6) is 5.75 Å². The van der Waals surface area contributed by atoms with Crippen molar-refractivity contribution in [3.63, 3.8) is 0 Å². The summed E-state index contributed by atoms with van der Waals surface area (Å²) in [5.74, 6) is 1.74. The van der Waals surface area contributed by atoms with Gasteiger partial charge in [0.15, 0.2) is 0 Å². The second-order valence-corrected chi connectivity index (χ2v) is 7.14. The number of benzene rings is 3. The third kappa shape index (κ3) is 6.19. The summed E-state index contributed by atoms with van der Waals surface area (Å²) in [6, 6.07) is 26.9. The zero-order chi connectivity index (χ0) is 19.6. The van der Waals surface area contributed by atoms with E-state index in [4.69, 9.17) is 10.00 Å². The van der Waals surface area contributed by atoms with E-state index >= 15 is 0 Å². The first-order chi connectivity index (χ1) is 13.7. The largest absolute Gasteiger partial charge is 0.489 e. The number of anilines is 1. The SMILES string of the molecule is N#Cc1cccc(CSCC(=O)Nc2ccc(OCc3ccccc3)cc2)c1. The van der Waals surface area contributed by atoms with Gasteiger partial charge in [-0.3, -0.25) is 4.79 Å². The van der Waals surface area contributed by atoms with Gasteiger partial charge in [-0.2, -0.15) is 5.26 Å². The van der Waals surface area contributed by atoms with Crippen molar-refractivity contribution in [1.29, 1.82) is 5.26 Å². The van der Waals surface area contributed by atoms with Crippen molar-refractivity contribution in [2.45, 2.75) is 12.4 Å². The molecule has 0 aliphatic carbocycles. The van der Waals surface area contributed by atoms with Crippen LogP contribution in [0.2, 0.25) is 0 Å². The van der Waals surface area contributed by atoms with Gasteiger partial charge in [-0.1, -0.05) is 42.5 Å². The zero-order valence-electron chi connectivity index (χ0n) is 15.3. The first kappa shape index (κ1) is 19.5. The molecule has 5 heteroatoms. The van der Waals surface area contributed by atoms with Gasteiger partial charge in [0, 0.05) is 11.4 Å². The fourth-order valence-electron chi connectivity index (χ4n) is 2.56. The monoisotopic (exact) mass is 388 g/mol. The van der Waals surface area contributed by atoms with E-state index in [0.717, 1.165) is 22.6 Å². The topological polar surface area (TPSA) is 62.1 Å². The maximum absolute atomic E-state index is 12.1. The molecule has 0 aliphatic rings. The zero-order valence-corrected chi connectivity index (χ0v) is 16.1. The van der Waals surface area contributed by atoms with E-state index in [9.17, 15) is 4.79 Å². The molecule has 0 heterocycles. The number of nitrogens with one attached hydrogen (secondary N) is 1. The maximum atomic E-state index is 12.1. The van der Waals surface area contributed by atoms with Gasteiger partial charge in [0.1, 0.15) is 12.4 Å². The highest BCUT2D eigenvalue weighted by atomic mass is 32.2. The van der Waals surface area contributed by atoms with Crippen LogP contribution < -0.4 is 10.1 Å². The second-order valence-electron chi connectivity index (χ2n) is 6.15. The number of ether oxygens (including phenoxy) is 1. The standard InChI is InChI=1S/C23H20N2O2S/c24-14-19-7-4-8-20(13-19)16-28-17-23(26)25-21-9-11-22(12-10-21)27-15-18-5-2-1-3-6-18/h1-13H,15-17H2,(H,25,26). The molecular weight excluding hydrogens is 368 g/mol. The number of hydrogen-bond acceptors (Lipinski definition) is 4. The molecular formula is C23H20N2O2S. The minimum Gasteiger partial charge on any atom is -0.489 e. The molecule has 0 bridgehead atoms. The molecule has 0 aromatic heterocycles. The van der Waals surface area contributed by atoms with Crippen molar-refractivity contribution in [3.05, 3.63) is 95.6 Å². The van der Waals surface area contributed by atoms with Crippen LogP contribution in [0.4, 0.5) is 5.69 Å². The fourth-order valence-corrected chi connectivity index (χ4v) is 3.34. The summed E-state index contributed by atoms with van der Waals surface area (Å²) in [5, 5.41) is 11.8. The summed E-state index contributed by atoms with van der Waals surface area (Å²) in [7, 11) is 0. The van der Waals surface area contributed by atoms with Gasteiger partial charge in [-0.25, -0.2) is 0 Å². The molecule has 0 radical (unpaired) electrons. The number of carbonyl (C=O) groups is 1. The second kappa shape index (κ2) is 10.2. The van der Waals surface area contributed by atoms with E-state index in [-0.39, 0.29) is 5.91 Å². The molecule has 3 aromatic carbocycles. The van der Waals surface area contributed by atoms with Crippen LogP contribution >= 0.6 is 11.8 Å². The number of nitriles is 1. The van der Waals surface area contributed by atoms with Crippen molar-refractivity contribution in [3.8, 4) is 11.8 Å². The van der Waals surface area contributed by atoms with Crippen molar-refractivity contribution in [1.82, 2.24) is 0 Å². The average Bonchev–Trinajstić information content (AvgIpc) is 2.74. The van der Waals surface area contributed by atoms with Crippen molar-refractivity contribution < 1.29 is 9.53 Å². The molecule has 140 valence electrons. The lowest BCUT2D eigenvalue weighted by Crippen LogP contribution is -2.14. The predicted molar refractivity (Wildman–Crippen MR) is 113 cm³/mol. The third-order valence-electron chi connectivity index (χ3n) is 3.94. The fraction of sp³-hybridized carbons (Fsp3) is 0.130. The Kier molecular flexibility index (Phi) is 7.11. The first-order valence-corrected chi connectivity index (χ1v) is 10.0. The quantitative estimate of drug-likeness (QED) is 0.589. The van der Waals surface area contributed by atoms with E-state index < -0.39 is 0 Å². The number of carbonyl (C=O) groups excluding carboxylic acids is 1. The van der Waals surface area contributed by atoms with E-state index in [0.29, 0.717) is 23.7 Å². The lowest BCUT2D eigenvalue weighted by atomic mass is 10.2. The van der Waals surface area contributed by atoms with Gasteiger partial charge in [-0.05, 0) is 47.5 Å². The number of amides is 1. The Balaban J connectivity index is 1.42. The highest BCUT2D eigenvalue weighted by molar-refractivity contribution is 7.99. The van der Waals surface area contributed by atoms with Crippen LogP contribution in [-0.2, 0) is 17.2 Å². The van der Waals surface area contributed by atoms with Crippen LogP contribution in [0.15, 0.2) is 78.9 Å². The predicted octanol–water partition coefficient (Wildman–Crippen LogP) is 5.01.